The van der Waals surface area contributed by atoms with Crippen molar-refractivity contribution >= 4 is 5.91 Å². The second kappa shape index (κ2) is 5.51. The summed E-state index contributed by atoms with van der Waals surface area (Å²) in [4.78, 5) is 11.9. The Morgan fingerprint density at radius 2 is 2.26 bits per heavy atom. The lowest BCUT2D eigenvalue weighted by Crippen LogP contribution is -2.26. The topological polar surface area (TPSA) is 80.0 Å². The number of hydrogen-bond acceptors (Lipinski definition) is 4. The number of hydrogen-bond donors (Lipinski definition) is 2. The highest BCUT2D eigenvalue weighted by atomic mass is 16.3. The van der Waals surface area contributed by atoms with E-state index in [-0.39, 0.29) is 17.2 Å². The maximum absolute atomic E-state index is 11.9. The van der Waals surface area contributed by atoms with Crippen molar-refractivity contribution in [2.24, 2.45) is 7.05 Å². The van der Waals surface area contributed by atoms with E-state index in [1.54, 1.807) is 29.1 Å². The van der Waals surface area contributed by atoms with Crippen LogP contribution in [0.5, 0.6) is 5.75 Å². The quantitative estimate of drug-likeness (QED) is 0.852. The molecule has 0 saturated carbocycles. The van der Waals surface area contributed by atoms with Crippen molar-refractivity contribution in [3.05, 3.63) is 41.5 Å². The molecule has 0 unspecified atom stereocenters. The zero-order valence-electron chi connectivity index (χ0n) is 10.9. The second-order valence-corrected chi connectivity index (χ2v) is 4.38. The van der Waals surface area contributed by atoms with Crippen LogP contribution in [0, 0.1) is 6.92 Å². The van der Waals surface area contributed by atoms with E-state index >= 15 is 0 Å². The van der Waals surface area contributed by atoms with Gasteiger partial charge in [-0.1, -0.05) is 6.07 Å². The predicted octanol–water partition coefficient (Wildman–Crippen LogP) is 0.802. The Hall–Kier alpha value is -2.37. The lowest BCUT2D eigenvalue weighted by atomic mass is 10.1. The average molecular weight is 260 g/mol. The number of carbonyl (C=O) groups is 1. The van der Waals surface area contributed by atoms with Gasteiger partial charge in [-0.2, -0.15) is 0 Å². The molecule has 2 rings (SSSR count). The van der Waals surface area contributed by atoms with Gasteiger partial charge in [0.1, 0.15) is 17.9 Å². The average Bonchev–Trinajstić information content (AvgIpc) is 2.75. The lowest BCUT2D eigenvalue weighted by molar-refractivity contribution is 0.0951. The van der Waals surface area contributed by atoms with Crippen molar-refractivity contribution in [1.82, 2.24) is 20.1 Å². The summed E-state index contributed by atoms with van der Waals surface area (Å²) in [5.74, 6) is 0.504. The molecule has 0 radical (unpaired) electrons. The molecule has 1 aromatic heterocycles. The third-order valence-corrected chi connectivity index (χ3v) is 2.84. The molecule has 0 bridgehead atoms. The molecule has 0 aliphatic heterocycles. The van der Waals surface area contributed by atoms with Crippen LogP contribution >= 0.6 is 0 Å². The van der Waals surface area contributed by atoms with Crippen LogP contribution in [0.25, 0.3) is 0 Å². The molecule has 0 saturated heterocycles. The Morgan fingerprint density at radius 3 is 2.89 bits per heavy atom. The molecule has 2 N–H and O–H groups in total. The molecule has 1 heterocycles. The molecule has 100 valence electrons. The molecule has 0 fully saturated rings. The number of amides is 1. The minimum atomic E-state index is -0.292. The molecule has 0 atom stereocenters. The Kier molecular flexibility index (Phi) is 3.79. The molecule has 1 amide bonds. The van der Waals surface area contributed by atoms with Crippen molar-refractivity contribution in [2.45, 2.75) is 13.3 Å². The number of carbonyl (C=O) groups excluding carboxylic acids is 1. The molecule has 2 aromatic rings. The summed E-state index contributed by atoms with van der Waals surface area (Å²) in [5, 5.41) is 20.1. The molecule has 6 nitrogen and oxygen atoms in total. The molecule has 19 heavy (non-hydrogen) atoms. The van der Waals surface area contributed by atoms with Crippen LogP contribution in [-0.2, 0) is 13.5 Å². The second-order valence-electron chi connectivity index (χ2n) is 4.38. The Bertz CT molecular complexity index is 592. The predicted molar refractivity (Wildman–Crippen MR) is 69.9 cm³/mol. The number of phenolic OH excluding ortho intramolecular Hbond substituents is 1. The zero-order chi connectivity index (χ0) is 13.8. The minimum Gasteiger partial charge on any atom is -0.507 e. The van der Waals surface area contributed by atoms with Crippen molar-refractivity contribution < 1.29 is 9.90 Å². The minimum absolute atomic E-state index is 0.00356. The van der Waals surface area contributed by atoms with Crippen LogP contribution < -0.4 is 5.32 Å². The molecule has 0 aliphatic rings. The number of aromatic nitrogens is 3. The van der Waals surface area contributed by atoms with Gasteiger partial charge in [0.2, 0.25) is 0 Å². The van der Waals surface area contributed by atoms with Gasteiger partial charge in [-0.05, 0) is 24.6 Å². The van der Waals surface area contributed by atoms with Crippen molar-refractivity contribution in [1.29, 1.82) is 0 Å². The van der Waals surface area contributed by atoms with Gasteiger partial charge < -0.3 is 15.0 Å². The Balaban J connectivity index is 1.93. The van der Waals surface area contributed by atoms with Crippen LogP contribution in [0.15, 0.2) is 24.5 Å². The fourth-order valence-corrected chi connectivity index (χ4v) is 1.75. The van der Waals surface area contributed by atoms with E-state index in [4.69, 9.17) is 0 Å². The Labute approximate surface area is 111 Å². The molecular weight excluding hydrogens is 244 g/mol. The monoisotopic (exact) mass is 260 g/mol. The van der Waals surface area contributed by atoms with E-state index in [2.05, 4.69) is 15.5 Å². The van der Waals surface area contributed by atoms with Gasteiger partial charge in [0.15, 0.2) is 0 Å². The summed E-state index contributed by atoms with van der Waals surface area (Å²) in [7, 11) is 1.85. The van der Waals surface area contributed by atoms with E-state index in [1.807, 2.05) is 14.0 Å². The number of nitrogens with zero attached hydrogens (tertiary/aromatic N) is 3. The van der Waals surface area contributed by atoms with Crippen molar-refractivity contribution in [3.8, 4) is 5.75 Å². The van der Waals surface area contributed by atoms with Crippen LogP contribution in [0.1, 0.15) is 21.7 Å². The van der Waals surface area contributed by atoms with Crippen LogP contribution in [0.3, 0.4) is 0 Å². The van der Waals surface area contributed by atoms with E-state index in [1.165, 1.54) is 0 Å². The molecule has 0 aliphatic carbocycles. The van der Waals surface area contributed by atoms with Gasteiger partial charge in [0, 0.05) is 20.0 Å². The molecule has 6 heteroatoms. The van der Waals surface area contributed by atoms with E-state index in [9.17, 15) is 9.90 Å². The van der Waals surface area contributed by atoms with Gasteiger partial charge in [0.25, 0.3) is 5.91 Å². The summed E-state index contributed by atoms with van der Waals surface area (Å²) in [6.07, 6.45) is 2.21. The summed E-state index contributed by atoms with van der Waals surface area (Å²) in [5.41, 5.74) is 1.19. The first-order valence-electron chi connectivity index (χ1n) is 5.98. The van der Waals surface area contributed by atoms with Crippen LogP contribution in [-0.4, -0.2) is 32.3 Å². The van der Waals surface area contributed by atoms with E-state index in [0.29, 0.717) is 13.0 Å². The smallest absolute Gasteiger partial charge is 0.255 e. The third-order valence-electron chi connectivity index (χ3n) is 2.84. The van der Waals surface area contributed by atoms with Gasteiger partial charge in [-0.25, -0.2) is 0 Å². The fourth-order valence-electron chi connectivity index (χ4n) is 1.75. The summed E-state index contributed by atoms with van der Waals surface area (Å²) >= 11 is 0. The highest BCUT2D eigenvalue weighted by molar-refractivity contribution is 5.96. The summed E-state index contributed by atoms with van der Waals surface area (Å²) < 4.78 is 1.80. The van der Waals surface area contributed by atoms with Crippen LogP contribution in [0.2, 0.25) is 0 Å². The number of aryl methyl sites for hydroxylation is 2. The Morgan fingerprint density at radius 1 is 1.47 bits per heavy atom. The van der Waals surface area contributed by atoms with Crippen molar-refractivity contribution in [2.75, 3.05) is 6.54 Å². The fraction of sp³-hybridized carbons (Fsp3) is 0.308. The number of aromatic hydroxyl groups is 1. The van der Waals surface area contributed by atoms with Gasteiger partial charge in [-0.3, -0.25) is 4.79 Å². The number of benzene rings is 1. The zero-order valence-corrected chi connectivity index (χ0v) is 10.9. The third kappa shape index (κ3) is 3.09. The van der Waals surface area contributed by atoms with Crippen molar-refractivity contribution in [3.63, 3.8) is 0 Å². The first-order chi connectivity index (χ1) is 9.08. The normalized spacial score (nSPS) is 10.4. The maximum atomic E-state index is 11.9. The lowest BCUT2D eigenvalue weighted by Gasteiger charge is -2.07. The van der Waals surface area contributed by atoms with Gasteiger partial charge in [0.05, 0.1) is 5.56 Å². The standard InChI is InChI=1S/C13H16N4O2/c1-9-3-4-10(11(18)7-9)13(19)14-6-5-12-16-15-8-17(12)2/h3-4,7-8,18H,5-6H2,1-2H3,(H,14,19). The van der Waals surface area contributed by atoms with Gasteiger partial charge >= 0.3 is 0 Å². The molecule has 1 aromatic carbocycles. The molecular formula is C13H16N4O2. The first-order valence-corrected chi connectivity index (χ1v) is 5.98. The van der Waals surface area contributed by atoms with Crippen LogP contribution in [0.4, 0.5) is 0 Å². The maximum Gasteiger partial charge on any atom is 0.255 e. The first kappa shape index (κ1) is 13.1. The highest BCUT2D eigenvalue weighted by Gasteiger charge is 2.10. The van der Waals surface area contributed by atoms with Gasteiger partial charge in [-0.15, -0.1) is 10.2 Å². The number of nitrogens with one attached hydrogen (secondary N) is 1. The number of rotatable bonds is 4. The summed E-state index contributed by atoms with van der Waals surface area (Å²) in [6.45, 7) is 2.30. The SMILES string of the molecule is Cc1ccc(C(=O)NCCc2nncn2C)c(O)c1. The highest BCUT2D eigenvalue weighted by Crippen LogP contribution is 2.17. The van der Waals surface area contributed by atoms with E-state index < -0.39 is 0 Å². The summed E-state index contributed by atoms with van der Waals surface area (Å²) in [6, 6.07) is 4.97. The number of phenols is 1. The molecule has 0 spiro atoms. The van der Waals surface area contributed by atoms with E-state index in [0.717, 1.165) is 11.4 Å². The largest absolute Gasteiger partial charge is 0.507 e.